The van der Waals surface area contributed by atoms with Gasteiger partial charge in [0, 0.05) is 31.1 Å². The minimum atomic E-state index is 0.793. The summed E-state index contributed by atoms with van der Waals surface area (Å²) in [6.07, 6.45) is 3.75. The first-order valence-corrected chi connectivity index (χ1v) is 8.55. The Morgan fingerprint density at radius 2 is 2.30 bits per heavy atom. The fraction of sp³-hybridized carbons (Fsp3) is 0.667. The highest BCUT2D eigenvalue weighted by molar-refractivity contribution is 7.09. The van der Waals surface area contributed by atoms with Crippen molar-refractivity contribution < 1.29 is 0 Å². The minimum absolute atomic E-state index is 0.793. The lowest BCUT2D eigenvalue weighted by molar-refractivity contribution is 0.179. The van der Waals surface area contributed by atoms with E-state index in [1.165, 1.54) is 30.8 Å². The summed E-state index contributed by atoms with van der Waals surface area (Å²) in [4.78, 5) is 8.53. The van der Waals surface area contributed by atoms with Crippen molar-refractivity contribution in [1.82, 2.24) is 15.5 Å². The van der Waals surface area contributed by atoms with Gasteiger partial charge in [0.15, 0.2) is 5.96 Å². The van der Waals surface area contributed by atoms with Crippen LogP contribution in [-0.4, -0.2) is 43.6 Å². The molecule has 1 fully saturated rings. The number of guanidine groups is 1. The second-order valence-corrected chi connectivity index (χ2v) is 6.72. The van der Waals surface area contributed by atoms with Crippen LogP contribution in [0.1, 0.15) is 24.1 Å². The van der Waals surface area contributed by atoms with Crippen LogP contribution in [0.15, 0.2) is 22.5 Å². The van der Waals surface area contributed by atoms with Crippen molar-refractivity contribution >= 4 is 17.3 Å². The largest absolute Gasteiger partial charge is 0.356 e. The van der Waals surface area contributed by atoms with Crippen molar-refractivity contribution in [1.29, 1.82) is 0 Å². The van der Waals surface area contributed by atoms with Gasteiger partial charge in [-0.15, -0.1) is 11.3 Å². The van der Waals surface area contributed by atoms with E-state index in [-0.39, 0.29) is 0 Å². The Bertz CT molecular complexity index is 421. The highest BCUT2D eigenvalue weighted by Gasteiger charge is 2.19. The summed E-state index contributed by atoms with van der Waals surface area (Å²) in [5, 5.41) is 8.97. The van der Waals surface area contributed by atoms with Gasteiger partial charge in [0.25, 0.3) is 0 Å². The highest BCUT2D eigenvalue weighted by Crippen LogP contribution is 2.20. The van der Waals surface area contributed by atoms with Crippen molar-refractivity contribution in [2.75, 3.05) is 32.7 Å². The average molecular weight is 292 g/mol. The van der Waals surface area contributed by atoms with Gasteiger partial charge in [-0.2, -0.15) is 0 Å². The Balaban J connectivity index is 1.36. The van der Waals surface area contributed by atoms with E-state index in [1.54, 1.807) is 0 Å². The van der Waals surface area contributed by atoms with Crippen LogP contribution < -0.4 is 10.6 Å². The molecule has 0 spiro atoms. The Morgan fingerprint density at radius 3 is 3.00 bits per heavy atom. The molecule has 5 heteroatoms. The molecule has 0 aliphatic carbocycles. The number of piperidine rings is 1. The van der Waals surface area contributed by atoms with Crippen molar-refractivity contribution in [3.8, 4) is 0 Å². The van der Waals surface area contributed by atoms with Crippen LogP contribution in [0.3, 0.4) is 0 Å². The number of rotatable bonds is 4. The summed E-state index contributed by atoms with van der Waals surface area (Å²) in [6.45, 7) is 6.68. The molecule has 3 heterocycles. The van der Waals surface area contributed by atoms with Crippen molar-refractivity contribution in [3.05, 3.63) is 22.4 Å². The summed E-state index contributed by atoms with van der Waals surface area (Å²) in [5.74, 6) is 1.80. The Kier molecular flexibility index (Phi) is 4.92. The third kappa shape index (κ3) is 3.96. The molecule has 0 bridgehead atoms. The van der Waals surface area contributed by atoms with Gasteiger partial charge in [0.2, 0.25) is 0 Å². The fourth-order valence-electron chi connectivity index (χ4n) is 2.86. The molecule has 0 amide bonds. The summed E-state index contributed by atoms with van der Waals surface area (Å²) < 4.78 is 0. The molecule has 0 saturated carbocycles. The third-order valence-electron chi connectivity index (χ3n) is 4.12. The van der Waals surface area contributed by atoms with Gasteiger partial charge in [-0.05, 0) is 49.7 Å². The lowest BCUT2D eigenvalue weighted by atomic mass is 9.97. The lowest BCUT2D eigenvalue weighted by Gasteiger charge is -2.32. The van der Waals surface area contributed by atoms with E-state index in [4.69, 9.17) is 0 Å². The monoisotopic (exact) mass is 292 g/mol. The van der Waals surface area contributed by atoms with Gasteiger partial charge >= 0.3 is 0 Å². The van der Waals surface area contributed by atoms with Crippen LogP contribution >= 0.6 is 11.3 Å². The summed E-state index contributed by atoms with van der Waals surface area (Å²) in [7, 11) is 0. The molecule has 3 rings (SSSR count). The summed E-state index contributed by atoms with van der Waals surface area (Å²) in [6, 6.07) is 4.39. The van der Waals surface area contributed by atoms with Crippen LogP contribution in [0.4, 0.5) is 0 Å². The van der Waals surface area contributed by atoms with Crippen LogP contribution in [0.25, 0.3) is 0 Å². The first-order valence-electron chi connectivity index (χ1n) is 7.67. The first kappa shape index (κ1) is 13.9. The minimum Gasteiger partial charge on any atom is -0.356 e. The average Bonchev–Trinajstić information content (AvgIpc) is 3.01. The second kappa shape index (κ2) is 7.09. The second-order valence-electron chi connectivity index (χ2n) is 5.69. The van der Waals surface area contributed by atoms with E-state index in [0.29, 0.717) is 0 Å². The van der Waals surface area contributed by atoms with Gasteiger partial charge in [0.05, 0.1) is 0 Å². The van der Waals surface area contributed by atoms with E-state index in [0.717, 1.165) is 44.5 Å². The maximum absolute atomic E-state index is 4.46. The molecule has 20 heavy (non-hydrogen) atoms. The SMILES string of the molecule is c1csc(CN2CCC(CNC3=NCCCN3)CC2)c1. The smallest absolute Gasteiger partial charge is 0.191 e. The number of nitrogens with zero attached hydrogens (tertiary/aromatic N) is 2. The molecule has 0 radical (unpaired) electrons. The zero-order valence-corrected chi connectivity index (χ0v) is 12.8. The van der Waals surface area contributed by atoms with Crippen molar-refractivity contribution in [2.45, 2.75) is 25.8 Å². The normalized spacial score (nSPS) is 21.3. The zero-order valence-electron chi connectivity index (χ0n) is 12.0. The zero-order chi connectivity index (χ0) is 13.6. The molecule has 2 aliphatic rings. The lowest BCUT2D eigenvalue weighted by Crippen LogP contribution is -2.44. The Morgan fingerprint density at radius 1 is 1.40 bits per heavy atom. The first-order chi connectivity index (χ1) is 9.90. The van der Waals surface area contributed by atoms with Crippen LogP contribution in [-0.2, 0) is 6.54 Å². The van der Waals surface area contributed by atoms with E-state index in [1.807, 2.05) is 11.3 Å². The molecular weight excluding hydrogens is 268 g/mol. The topological polar surface area (TPSA) is 39.7 Å². The molecule has 0 aromatic carbocycles. The number of hydrogen-bond acceptors (Lipinski definition) is 5. The van der Waals surface area contributed by atoms with E-state index < -0.39 is 0 Å². The van der Waals surface area contributed by atoms with Gasteiger partial charge in [-0.3, -0.25) is 9.89 Å². The quantitative estimate of drug-likeness (QED) is 0.890. The van der Waals surface area contributed by atoms with E-state index >= 15 is 0 Å². The highest BCUT2D eigenvalue weighted by atomic mass is 32.1. The van der Waals surface area contributed by atoms with Crippen molar-refractivity contribution in [2.24, 2.45) is 10.9 Å². The van der Waals surface area contributed by atoms with E-state index in [9.17, 15) is 0 Å². The molecule has 1 aromatic heterocycles. The number of nitrogens with one attached hydrogen (secondary N) is 2. The molecule has 2 aliphatic heterocycles. The van der Waals surface area contributed by atoms with Crippen LogP contribution in [0, 0.1) is 5.92 Å². The Labute approximate surface area is 125 Å². The molecule has 1 saturated heterocycles. The summed E-state index contributed by atoms with van der Waals surface area (Å²) in [5.41, 5.74) is 0. The molecule has 4 nitrogen and oxygen atoms in total. The molecule has 110 valence electrons. The summed E-state index contributed by atoms with van der Waals surface area (Å²) >= 11 is 1.87. The predicted molar refractivity (Wildman–Crippen MR) is 85.2 cm³/mol. The van der Waals surface area contributed by atoms with Gasteiger partial charge in [-0.25, -0.2) is 0 Å². The fourth-order valence-corrected chi connectivity index (χ4v) is 3.61. The van der Waals surface area contributed by atoms with Gasteiger partial charge in [0.1, 0.15) is 0 Å². The molecule has 0 unspecified atom stereocenters. The molecule has 0 atom stereocenters. The van der Waals surface area contributed by atoms with Gasteiger partial charge < -0.3 is 10.6 Å². The maximum Gasteiger partial charge on any atom is 0.191 e. The maximum atomic E-state index is 4.46. The molecule has 2 N–H and O–H groups in total. The number of hydrogen-bond donors (Lipinski definition) is 2. The molecule has 1 aromatic rings. The standard InChI is InChI=1S/C15H24N4S/c1-3-14(20-10-1)12-19-8-4-13(5-9-19)11-18-15-16-6-2-7-17-15/h1,3,10,13H,2,4-9,11-12H2,(H2,16,17,18). The third-order valence-corrected chi connectivity index (χ3v) is 4.98. The number of thiophene rings is 1. The van der Waals surface area contributed by atoms with Crippen molar-refractivity contribution in [3.63, 3.8) is 0 Å². The van der Waals surface area contributed by atoms with E-state index in [2.05, 4.69) is 38.0 Å². The number of likely N-dealkylation sites (tertiary alicyclic amines) is 1. The van der Waals surface area contributed by atoms with Gasteiger partial charge in [-0.1, -0.05) is 6.07 Å². The van der Waals surface area contributed by atoms with Crippen LogP contribution in [0.2, 0.25) is 0 Å². The van der Waals surface area contributed by atoms with Crippen LogP contribution in [0.5, 0.6) is 0 Å². The predicted octanol–water partition coefficient (Wildman–Crippen LogP) is 1.90. The Hall–Kier alpha value is -1.07. The molecular formula is C15H24N4S. The number of aliphatic imine (C=N–C) groups is 1.